The third-order valence-electron chi connectivity index (χ3n) is 2.32. The first-order valence-electron chi connectivity index (χ1n) is 4.71. The second kappa shape index (κ2) is 4.67. The highest BCUT2D eigenvalue weighted by molar-refractivity contribution is 9.10. The van der Waals surface area contributed by atoms with Crippen LogP contribution in [0.3, 0.4) is 0 Å². The molecule has 0 N–H and O–H groups in total. The maximum absolute atomic E-state index is 11.4. The third kappa shape index (κ3) is 2.61. The fourth-order valence-electron chi connectivity index (χ4n) is 1.25. The fraction of sp³-hybridized carbons (Fsp3) is 0.333. The molecule has 0 fully saturated rings. The van der Waals surface area contributed by atoms with Gasteiger partial charge in [-0.25, -0.2) is 4.79 Å². The van der Waals surface area contributed by atoms with Gasteiger partial charge in [0.05, 0.1) is 24.2 Å². The molecule has 0 aliphatic heterocycles. The van der Waals surface area contributed by atoms with Crippen LogP contribution in [0.25, 0.3) is 0 Å². The summed E-state index contributed by atoms with van der Waals surface area (Å²) in [6.07, 6.45) is 0. The van der Waals surface area contributed by atoms with Crippen LogP contribution in [0, 0.1) is 11.3 Å². The highest BCUT2D eigenvalue weighted by Crippen LogP contribution is 2.27. The van der Waals surface area contributed by atoms with Gasteiger partial charge in [-0.15, -0.1) is 0 Å². The standard InChI is InChI=1S/C12H12BrNO2/c1-12(2,7-14)9-4-8(11(15)16-3)5-10(13)6-9/h4-6H,1-3H3. The molecule has 3 nitrogen and oxygen atoms in total. The van der Waals surface area contributed by atoms with Crippen molar-refractivity contribution in [2.45, 2.75) is 19.3 Å². The summed E-state index contributed by atoms with van der Waals surface area (Å²) in [5.41, 5.74) is 0.590. The van der Waals surface area contributed by atoms with Crippen LogP contribution in [0.2, 0.25) is 0 Å². The van der Waals surface area contributed by atoms with Crippen LogP contribution >= 0.6 is 15.9 Å². The largest absolute Gasteiger partial charge is 0.465 e. The van der Waals surface area contributed by atoms with Gasteiger partial charge >= 0.3 is 5.97 Å². The fourth-order valence-corrected chi connectivity index (χ4v) is 1.74. The van der Waals surface area contributed by atoms with E-state index >= 15 is 0 Å². The Kier molecular flexibility index (Phi) is 3.71. The molecule has 0 spiro atoms. The SMILES string of the molecule is COC(=O)c1cc(Br)cc(C(C)(C)C#N)c1. The molecule has 0 radical (unpaired) electrons. The summed E-state index contributed by atoms with van der Waals surface area (Å²) in [6.45, 7) is 3.60. The molecule has 84 valence electrons. The smallest absolute Gasteiger partial charge is 0.337 e. The van der Waals surface area contributed by atoms with E-state index in [4.69, 9.17) is 5.26 Å². The summed E-state index contributed by atoms with van der Waals surface area (Å²) in [6, 6.07) is 7.37. The molecule has 16 heavy (non-hydrogen) atoms. The van der Waals surface area contributed by atoms with Gasteiger partial charge in [-0.3, -0.25) is 0 Å². The first-order chi connectivity index (χ1) is 7.40. The zero-order valence-electron chi connectivity index (χ0n) is 9.37. The number of halogens is 1. The van der Waals surface area contributed by atoms with Crippen LogP contribution in [0.15, 0.2) is 22.7 Å². The Morgan fingerprint density at radius 2 is 2.06 bits per heavy atom. The number of carbonyl (C=O) groups excluding carboxylic acids is 1. The predicted octanol–water partition coefficient (Wildman–Crippen LogP) is 3.04. The quantitative estimate of drug-likeness (QED) is 0.783. The van der Waals surface area contributed by atoms with Crippen LogP contribution in [0.4, 0.5) is 0 Å². The summed E-state index contributed by atoms with van der Waals surface area (Å²) in [7, 11) is 1.33. The summed E-state index contributed by atoms with van der Waals surface area (Å²) in [5, 5.41) is 9.04. The molecule has 0 atom stereocenters. The van der Waals surface area contributed by atoms with Crippen LogP contribution in [-0.2, 0) is 10.2 Å². The van der Waals surface area contributed by atoms with Crippen LogP contribution in [-0.4, -0.2) is 13.1 Å². The molecular weight excluding hydrogens is 270 g/mol. The Hall–Kier alpha value is -1.34. The van der Waals surface area contributed by atoms with E-state index in [0.29, 0.717) is 5.56 Å². The molecule has 0 aromatic heterocycles. The van der Waals surface area contributed by atoms with E-state index in [0.717, 1.165) is 10.0 Å². The lowest BCUT2D eigenvalue weighted by molar-refractivity contribution is 0.0600. The van der Waals surface area contributed by atoms with Crippen molar-refractivity contribution in [1.29, 1.82) is 5.26 Å². The van der Waals surface area contributed by atoms with Gasteiger partial charge in [-0.2, -0.15) is 5.26 Å². The van der Waals surface area contributed by atoms with Gasteiger partial charge in [0.1, 0.15) is 0 Å². The van der Waals surface area contributed by atoms with Gasteiger partial charge in [0.25, 0.3) is 0 Å². The molecule has 0 heterocycles. The zero-order valence-corrected chi connectivity index (χ0v) is 11.0. The van der Waals surface area contributed by atoms with Crippen molar-refractivity contribution in [3.05, 3.63) is 33.8 Å². The number of benzene rings is 1. The number of nitriles is 1. The van der Waals surface area contributed by atoms with Crippen LogP contribution < -0.4 is 0 Å². The number of esters is 1. The average Bonchev–Trinajstić information content (AvgIpc) is 2.27. The van der Waals surface area contributed by atoms with E-state index in [-0.39, 0.29) is 0 Å². The number of rotatable bonds is 2. The molecule has 1 aromatic carbocycles. The molecule has 0 unspecified atom stereocenters. The van der Waals surface area contributed by atoms with E-state index in [1.54, 1.807) is 26.0 Å². The van der Waals surface area contributed by atoms with E-state index in [1.165, 1.54) is 7.11 Å². The molecule has 0 saturated heterocycles. The van der Waals surface area contributed by atoms with E-state index in [1.807, 2.05) is 6.07 Å². The number of hydrogen-bond acceptors (Lipinski definition) is 3. The predicted molar refractivity (Wildman–Crippen MR) is 64.1 cm³/mol. The molecule has 1 aromatic rings. The summed E-state index contributed by atoms with van der Waals surface area (Å²) in [4.78, 5) is 11.4. The number of carbonyl (C=O) groups is 1. The van der Waals surface area contributed by atoms with Gasteiger partial charge in [0, 0.05) is 4.47 Å². The van der Waals surface area contributed by atoms with Crippen molar-refractivity contribution < 1.29 is 9.53 Å². The minimum atomic E-state index is -0.632. The lowest BCUT2D eigenvalue weighted by atomic mass is 9.85. The van der Waals surface area contributed by atoms with Crippen molar-refractivity contribution in [3.8, 4) is 6.07 Å². The van der Waals surface area contributed by atoms with Crippen molar-refractivity contribution in [2.24, 2.45) is 0 Å². The maximum Gasteiger partial charge on any atom is 0.337 e. The molecule has 0 amide bonds. The monoisotopic (exact) mass is 281 g/mol. The Morgan fingerprint density at radius 1 is 1.44 bits per heavy atom. The molecule has 0 aliphatic carbocycles. The van der Waals surface area contributed by atoms with E-state index in [2.05, 4.69) is 26.7 Å². The first kappa shape index (κ1) is 12.7. The topological polar surface area (TPSA) is 50.1 Å². The van der Waals surface area contributed by atoms with Gasteiger partial charge in [-0.1, -0.05) is 15.9 Å². The first-order valence-corrected chi connectivity index (χ1v) is 5.50. The van der Waals surface area contributed by atoms with Gasteiger partial charge in [-0.05, 0) is 37.6 Å². The molecule has 1 rings (SSSR count). The second-order valence-corrected chi connectivity index (χ2v) is 4.87. The Labute approximate surface area is 103 Å². The average molecular weight is 282 g/mol. The number of ether oxygens (including phenoxy) is 1. The maximum atomic E-state index is 11.4. The Morgan fingerprint density at radius 3 is 2.56 bits per heavy atom. The summed E-state index contributed by atoms with van der Waals surface area (Å²) < 4.78 is 5.41. The normalized spacial score (nSPS) is 10.7. The highest BCUT2D eigenvalue weighted by Gasteiger charge is 2.22. The van der Waals surface area contributed by atoms with E-state index in [9.17, 15) is 4.79 Å². The molecule has 4 heteroatoms. The molecule has 0 bridgehead atoms. The molecular formula is C12H12BrNO2. The van der Waals surface area contributed by atoms with Gasteiger partial charge in [0.15, 0.2) is 0 Å². The molecule has 0 aliphatic rings. The number of nitrogens with zero attached hydrogens (tertiary/aromatic N) is 1. The number of methoxy groups -OCH3 is 1. The van der Waals surface area contributed by atoms with E-state index < -0.39 is 11.4 Å². The van der Waals surface area contributed by atoms with Gasteiger partial charge in [0.2, 0.25) is 0 Å². The minimum absolute atomic E-state index is 0.406. The lowest BCUT2D eigenvalue weighted by Gasteiger charge is -2.16. The lowest BCUT2D eigenvalue weighted by Crippen LogP contribution is -2.15. The van der Waals surface area contributed by atoms with Crippen molar-refractivity contribution >= 4 is 21.9 Å². The second-order valence-electron chi connectivity index (χ2n) is 3.96. The Bertz CT molecular complexity index is 461. The number of hydrogen-bond donors (Lipinski definition) is 0. The van der Waals surface area contributed by atoms with Crippen LogP contribution in [0.1, 0.15) is 29.8 Å². The Balaban J connectivity index is 3.30. The van der Waals surface area contributed by atoms with Crippen molar-refractivity contribution in [2.75, 3.05) is 7.11 Å². The highest BCUT2D eigenvalue weighted by atomic mass is 79.9. The molecule has 0 saturated carbocycles. The van der Waals surface area contributed by atoms with Crippen LogP contribution in [0.5, 0.6) is 0 Å². The third-order valence-corrected chi connectivity index (χ3v) is 2.78. The van der Waals surface area contributed by atoms with Crippen molar-refractivity contribution in [1.82, 2.24) is 0 Å². The van der Waals surface area contributed by atoms with Gasteiger partial charge < -0.3 is 4.74 Å². The van der Waals surface area contributed by atoms with Crippen molar-refractivity contribution in [3.63, 3.8) is 0 Å². The summed E-state index contributed by atoms with van der Waals surface area (Å²) in [5.74, 6) is -0.406. The zero-order chi connectivity index (χ0) is 12.3. The summed E-state index contributed by atoms with van der Waals surface area (Å²) >= 11 is 3.31. The minimum Gasteiger partial charge on any atom is -0.465 e.